The highest BCUT2D eigenvalue weighted by Crippen LogP contribution is 2.44. The number of hydrogen-bond acceptors (Lipinski definition) is 5. The first-order chi connectivity index (χ1) is 15.1. The molecule has 1 aliphatic heterocycles. The predicted octanol–water partition coefficient (Wildman–Crippen LogP) is 3.03. The van der Waals surface area contributed by atoms with Crippen molar-refractivity contribution in [3.05, 3.63) is 60.7 Å². The van der Waals surface area contributed by atoms with Gasteiger partial charge >= 0.3 is 0 Å². The van der Waals surface area contributed by atoms with Crippen molar-refractivity contribution in [2.75, 3.05) is 6.61 Å². The van der Waals surface area contributed by atoms with Gasteiger partial charge in [0.05, 0.1) is 18.6 Å². The van der Waals surface area contributed by atoms with Crippen molar-refractivity contribution >= 4 is 24.5 Å². The van der Waals surface area contributed by atoms with Crippen LogP contribution in [0.25, 0.3) is 0 Å². The summed E-state index contributed by atoms with van der Waals surface area (Å²) in [7, 11) is -2.86. The Hall–Kier alpha value is -1.83. The molecule has 1 N–H and O–H groups in total. The van der Waals surface area contributed by atoms with Crippen LogP contribution in [0, 0.1) is 5.92 Å². The fourth-order valence-corrected chi connectivity index (χ4v) is 9.98. The van der Waals surface area contributed by atoms with Crippen LogP contribution >= 0.6 is 0 Å². The molecule has 2 aliphatic rings. The normalized spacial score (nSPS) is 27.9. The van der Waals surface area contributed by atoms with Gasteiger partial charge in [-0.1, -0.05) is 81.4 Å². The van der Waals surface area contributed by atoms with Crippen molar-refractivity contribution in [2.24, 2.45) is 5.92 Å². The number of hydrogen-bond donors (Lipinski definition) is 1. The average Bonchev–Trinajstić information content (AvgIpc) is 3.07. The molecular weight excluding hydrogens is 420 g/mol. The minimum absolute atomic E-state index is 0.0296. The van der Waals surface area contributed by atoms with E-state index in [9.17, 15) is 9.90 Å². The van der Waals surface area contributed by atoms with Gasteiger partial charge in [-0.25, -0.2) is 0 Å². The van der Waals surface area contributed by atoms with Crippen LogP contribution in [0.5, 0.6) is 0 Å². The van der Waals surface area contributed by atoms with Gasteiger partial charge in [0, 0.05) is 6.42 Å². The number of benzene rings is 2. The number of ether oxygens (including phenoxy) is 2. The molecule has 0 aromatic heterocycles. The van der Waals surface area contributed by atoms with Crippen molar-refractivity contribution in [3.63, 3.8) is 0 Å². The van der Waals surface area contributed by atoms with E-state index in [4.69, 9.17) is 13.9 Å². The Bertz CT molecular complexity index is 898. The summed E-state index contributed by atoms with van der Waals surface area (Å²) in [5.74, 6) is -1.45. The van der Waals surface area contributed by atoms with Crippen molar-refractivity contribution in [3.8, 4) is 0 Å². The molecule has 1 aliphatic carbocycles. The lowest BCUT2D eigenvalue weighted by molar-refractivity contribution is -0.154. The van der Waals surface area contributed by atoms with Gasteiger partial charge in [-0.15, -0.1) is 0 Å². The number of aliphatic hydroxyl groups is 1. The van der Waals surface area contributed by atoms with Crippen LogP contribution in [-0.4, -0.2) is 49.9 Å². The Balaban J connectivity index is 1.84. The Labute approximate surface area is 191 Å². The maximum atomic E-state index is 13.0. The molecule has 4 atom stereocenters. The summed E-state index contributed by atoms with van der Waals surface area (Å²) < 4.78 is 19.6. The largest absolute Gasteiger partial charge is 0.401 e. The first kappa shape index (κ1) is 23.3. The van der Waals surface area contributed by atoms with Crippen molar-refractivity contribution in [1.29, 1.82) is 0 Å². The molecule has 1 saturated heterocycles. The zero-order valence-electron chi connectivity index (χ0n) is 19.6. The van der Waals surface area contributed by atoms with Crippen molar-refractivity contribution in [2.45, 2.75) is 70.2 Å². The number of fused-ring (bicyclic) bond motifs is 1. The summed E-state index contributed by atoms with van der Waals surface area (Å²) in [6.45, 7) is 10.1. The number of carbonyl (C=O) groups is 1. The van der Waals surface area contributed by atoms with Crippen molar-refractivity contribution in [1.82, 2.24) is 0 Å². The number of aliphatic hydroxyl groups excluding tert-OH is 1. The average molecular weight is 455 g/mol. The van der Waals surface area contributed by atoms with Crippen LogP contribution in [0.1, 0.15) is 41.0 Å². The van der Waals surface area contributed by atoms with E-state index in [1.165, 1.54) is 0 Å². The summed E-state index contributed by atoms with van der Waals surface area (Å²) in [5.41, 5.74) is 0. The first-order valence-electron chi connectivity index (χ1n) is 11.4. The predicted molar refractivity (Wildman–Crippen MR) is 127 cm³/mol. The number of ketones is 1. The molecule has 4 rings (SSSR count). The lowest BCUT2D eigenvalue weighted by atomic mass is 9.82. The molecule has 0 radical (unpaired) electrons. The molecule has 2 aromatic rings. The molecule has 172 valence electrons. The maximum absolute atomic E-state index is 13.0. The molecule has 1 saturated carbocycles. The van der Waals surface area contributed by atoms with Gasteiger partial charge in [0.2, 0.25) is 0 Å². The zero-order valence-corrected chi connectivity index (χ0v) is 20.6. The molecule has 4 unspecified atom stereocenters. The summed E-state index contributed by atoms with van der Waals surface area (Å²) >= 11 is 0. The van der Waals surface area contributed by atoms with Crippen LogP contribution in [0.15, 0.2) is 60.7 Å². The second-order valence-corrected chi connectivity index (χ2v) is 14.6. The Morgan fingerprint density at radius 1 is 0.969 bits per heavy atom. The lowest BCUT2D eigenvalue weighted by Crippen LogP contribution is -2.69. The number of rotatable bonds is 5. The van der Waals surface area contributed by atoms with Gasteiger partial charge in [-0.05, 0) is 29.3 Å². The topological polar surface area (TPSA) is 65.0 Å². The van der Waals surface area contributed by atoms with E-state index in [1.54, 1.807) is 0 Å². The highest BCUT2D eigenvalue weighted by atomic mass is 28.4. The second kappa shape index (κ2) is 8.50. The van der Waals surface area contributed by atoms with Gasteiger partial charge in [0.15, 0.2) is 5.79 Å². The minimum Gasteiger partial charge on any atom is -0.401 e. The van der Waals surface area contributed by atoms with E-state index in [0.717, 1.165) is 10.4 Å². The SMILES string of the molecule is CC1(C)OC2C(O[Si](c3ccccc3)(c3ccccc3)C(C)(C)C)CC(=O)C(CO)C2O1. The first-order valence-corrected chi connectivity index (χ1v) is 13.3. The highest BCUT2D eigenvalue weighted by molar-refractivity contribution is 6.99. The quantitative estimate of drug-likeness (QED) is 0.704. The number of carbonyl (C=O) groups excluding carboxylic acids is 1. The highest BCUT2D eigenvalue weighted by Gasteiger charge is 2.58. The fourth-order valence-electron chi connectivity index (χ4n) is 5.30. The Kier molecular flexibility index (Phi) is 6.20. The summed E-state index contributed by atoms with van der Waals surface area (Å²) in [6.07, 6.45) is -1.18. The van der Waals surface area contributed by atoms with E-state index in [0.29, 0.717) is 0 Å². The van der Waals surface area contributed by atoms with Crippen LogP contribution in [0.2, 0.25) is 5.04 Å². The van der Waals surface area contributed by atoms with Gasteiger partial charge in [-0.2, -0.15) is 0 Å². The third kappa shape index (κ3) is 3.99. The Morgan fingerprint density at radius 2 is 1.47 bits per heavy atom. The van der Waals surface area contributed by atoms with Gasteiger partial charge < -0.3 is 19.0 Å². The number of Topliss-reactive ketones (excluding diaryl/α,β-unsaturated/α-hetero) is 1. The van der Waals surface area contributed by atoms with E-state index in [2.05, 4.69) is 45.0 Å². The van der Waals surface area contributed by atoms with Gasteiger partial charge in [-0.3, -0.25) is 4.79 Å². The van der Waals surface area contributed by atoms with Crippen LogP contribution in [0.4, 0.5) is 0 Å². The molecule has 0 amide bonds. The smallest absolute Gasteiger partial charge is 0.261 e. The standard InChI is InChI=1S/C26H34O5Si/c1-25(2,3)32(18-12-8-6-9-13-18,19-14-10-7-11-15-19)31-22-16-21(28)20(17-27)23-24(22)30-26(4,5)29-23/h6-15,20,22-24,27H,16-17H2,1-5H3. The second-order valence-electron chi connectivity index (χ2n) is 10.3. The third-order valence-electron chi connectivity index (χ3n) is 6.68. The van der Waals surface area contributed by atoms with Crippen molar-refractivity contribution < 1.29 is 23.8 Å². The molecule has 32 heavy (non-hydrogen) atoms. The summed E-state index contributed by atoms with van der Waals surface area (Å²) in [6, 6.07) is 20.8. The molecule has 2 fully saturated rings. The molecule has 0 spiro atoms. The van der Waals surface area contributed by atoms with E-state index in [-0.39, 0.29) is 23.8 Å². The van der Waals surface area contributed by atoms with Crippen LogP contribution < -0.4 is 10.4 Å². The van der Waals surface area contributed by atoms with Crippen LogP contribution in [-0.2, 0) is 18.7 Å². The molecule has 5 nitrogen and oxygen atoms in total. The maximum Gasteiger partial charge on any atom is 0.261 e. The van der Waals surface area contributed by atoms with E-state index >= 15 is 0 Å². The summed E-state index contributed by atoms with van der Waals surface area (Å²) in [5, 5.41) is 12.0. The van der Waals surface area contributed by atoms with E-state index < -0.39 is 38.3 Å². The molecule has 1 heterocycles. The zero-order chi connectivity index (χ0) is 23.1. The molecular formula is C26H34O5Si. The summed E-state index contributed by atoms with van der Waals surface area (Å²) in [4.78, 5) is 13.0. The van der Waals surface area contributed by atoms with E-state index in [1.807, 2.05) is 50.2 Å². The molecule has 2 aromatic carbocycles. The third-order valence-corrected chi connectivity index (χ3v) is 11.7. The van der Waals surface area contributed by atoms with Crippen LogP contribution in [0.3, 0.4) is 0 Å². The van der Waals surface area contributed by atoms with Gasteiger partial charge in [0.25, 0.3) is 8.32 Å². The Morgan fingerprint density at radius 3 is 1.94 bits per heavy atom. The lowest BCUT2D eigenvalue weighted by Gasteiger charge is -2.47. The molecule has 0 bridgehead atoms. The minimum atomic E-state index is -2.86. The fraction of sp³-hybridized carbons (Fsp3) is 0.500. The molecule has 6 heteroatoms. The monoisotopic (exact) mass is 454 g/mol. The van der Waals surface area contributed by atoms with Gasteiger partial charge in [0.1, 0.15) is 18.0 Å².